The third kappa shape index (κ3) is 9.52. The molecule has 5 rings (SSSR count). The van der Waals surface area contributed by atoms with Crippen molar-refractivity contribution in [1.82, 2.24) is 0 Å². The van der Waals surface area contributed by atoms with E-state index in [2.05, 4.69) is 42.5 Å². The minimum absolute atomic E-state index is 0.0667. The molecular weight excluding hydrogens is 516 g/mol. The molecule has 3 aromatic carbocycles. The minimum atomic E-state index is -0.341. The lowest BCUT2D eigenvalue weighted by Crippen LogP contribution is -2.37. The lowest BCUT2D eigenvalue weighted by atomic mass is 10.1. The van der Waals surface area contributed by atoms with Crippen molar-refractivity contribution in [3.05, 3.63) is 120 Å². The third-order valence-electron chi connectivity index (χ3n) is 7.32. The quantitative estimate of drug-likeness (QED) is 0.188. The molecule has 218 valence electrons. The molecule has 3 aromatic rings. The second-order valence-electron chi connectivity index (χ2n) is 10.6. The number of benzene rings is 3. The highest BCUT2D eigenvalue weighted by atomic mass is 16.7. The van der Waals surface area contributed by atoms with E-state index < -0.39 is 0 Å². The average molecular weight is 559 g/mol. The van der Waals surface area contributed by atoms with E-state index in [0.717, 1.165) is 54.7 Å². The maximum Gasteiger partial charge on any atom is 0.157 e. The van der Waals surface area contributed by atoms with Gasteiger partial charge >= 0.3 is 0 Å². The Morgan fingerprint density at radius 3 is 1.98 bits per heavy atom. The fourth-order valence-electron chi connectivity index (χ4n) is 5.11. The molecule has 2 aliphatic heterocycles. The zero-order valence-corrected chi connectivity index (χ0v) is 23.8. The summed E-state index contributed by atoms with van der Waals surface area (Å²) in [4.78, 5) is 0. The first-order chi connectivity index (χ1) is 20.3. The lowest BCUT2D eigenvalue weighted by Gasteiger charge is -2.23. The van der Waals surface area contributed by atoms with E-state index in [4.69, 9.17) is 28.4 Å². The van der Waals surface area contributed by atoms with Gasteiger partial charge in [-0.25, -0.2) is 0 Å². The van der Waals surface area contributed by atoms with Crippen molar-refractivity contribution in [2.24, 2.45) is 0 Å². The predicted octanol–water partition coefficient (Wildman–Crippen LogP) is 6.98. The van der Waals surface area contributed by atoms with Gasteiger partial charge in [0, 0.05) is 6.61 Å². The lowest BCUT2D eigenvalue weighted by molar-refractivity contribution is -0.162. The summed E-state index contributed by atoms with van der Waals surface area (Å²) in [7, 11) is 0. The first kappa shape index (κ1) is 29.5. The van der Waals surface area contributed by atoms with Crippen LogP contribution in [0, 0.1) is 0 Å². The van der Waals surface area contributed by atoms with Gasteiger partial charge in [0.05, 0.1) is 33.0 Å². The molecule has 6 nitrogen and oxygen atoms in total. The highest BCUT2D eigenvalue weighted by Gasteiger charge is 2.43. The summed E-state index contributed by atoms with van der Waals surface area (Å²) >= 11 is 0. The van der Waals surface area contributed by atoms with Crippen LogP contribution < -0.4 is 0 Å². The van der Waals surface area contributed by atoms with Crippen LogP contribution in [0.4, 0.5) is 0 Å². The molecule has 2 fully saturated rings. The zero-order valence-electron chi connectivity index (χ0n) is 23.8. The SMILES string of the molecule is C(/CCCOC1CCCCO1)=C1\O[C@H](COCc2ccccc2)C(OCc2ccccc2)C1OCc1ccccc1. The summed E-state index contributed by atoms with van der Waals surface area (Å²) in [6, 6.07) is 30.6. The van der Waals surface area contributed by atoms with E-state index in [1.54, 1.807) is 0 Å². The van der Waals surface area contributed by atoms with E-state index in [0.29, 0.717) is 33.0 Å². The number of ether oxygens (including phenoxy) is 6. The van der Waals surface area contributed by atoms with Gasteiger partial charge < -0.3 is 28.4 Å². The number of hydrogen-bond acceptors (Lipinski definition) is 6. The summed E-state index contributed by atoms with van der Waals surface area (Å²) in [5.74, 6) is 0.807. The first-order valence-electron chi connectivity index (χ1n) is 14.9. The number of unbranched alkanes of at least 4 members (excludes halogenated alkanes) is 1. The molecule has 41 heavy (non-hydrogen) atoms. The van der Waals surface area contributed by atoms with Crippen molar-refractivity contribution in [2.45, 2.75) is 76.5 Å². The van der Waals surface area contributed by atoms with Crippen molar-refractivity contribution in [1.29, 1.82) is 0 Å². The zero-order chi connectivity index (χ0) is 28.0. The molecule has 0 saturated carbocycles. The Labute approximate surface area is 244 Å². The summed E-state index contributed by atoms with van der Waals surface area (Å²) in [6.45, 7) is 3.30. The maximum atomic E-state index is 6.53. The van der Waals surface area contributed by atoms with Crippen molar-refractivity contribution in [2.75, 3.05) is 19.8 Å². The van der Waals surface area contributed by atoms with Crippen LogP contribution >= 0.6 is 0 Å². The molecule has 2 aliphatic rings. The number of hydrogen-bond donors (Lipinski definition) is 0. The van der Waals surface area contributed by atoms with E-state index in [9.17, 15) is 0 Å². The van der Waals surface area contributed by atoms with E-state index in [-0.39, 0.29) is 24.6 Å². The number of allylic oxidation sites excluding steroid dienone is 1. The van der Waals surface area contributed by atoms with Crippen LogP contribution in [-0.2, 0) is 48.2 Å². The maximum absolute atomic E-state index is 6.53. The van der Waals surface area contributed by atoms with Gasteiger partial charge in [0.2, 0.25) is 0 Å². The van der Waals surface area contributed by atoms with Crippen molar-refractivity contribution < 1.29 is 28.4 Å². The van der Waals surface area contributed by atoms with E-state index >= 15 is 0 Å². The molecule has 3 unspecified atom stereocenters. The van der Waals surface area contributed by atoms with Gasteiger partial charge in [-0.3, -0.25) is 0 Å². The first-order valence-corrected chi connectivity index (χ1v) is 14.9. The normalized spacial score (nSPS) is 23.5. The third-order valence-corrected chi connectivity index (χ3v) is 7.32. The Morgan fingerprint density at radius 1 is 0.707 bits per heavy atom. The topological polar surface area (TPSA) is 55.4 Å². The predicted molar refractivity (Wildman–Crippen MR) is 158 cm³/mol. The Morgan fingerprint density at radius 2 is 1.34 bits per heavy atom. The van der Waals surface area contributed by atoms with Crippen molar-refractivity contribution in [3.8, 4) is 0 Å². The molecule has 0 bridgehead atoms. The van der Waals surface area contributed by atoms with Gasteiger partial charge in [-0.15, -0.1) is 0 Å². The fraction of sp³-hybridized carbons (Fsp3) is 0.429. The fourth-order valence-corrected chi connectivity index (χ4v) is 5.11. The van der Waals surface area contributed by atoms with Crippen LogP contribution in [0.15, 0.2) is 103 Å². The summed E-state index contributed by atoms with van der Waals surface area (Å²) in [6.07, 6.45) is 6.09. The number of rotatable bonds is 15. The second-order valence-corrected chi connectivity index (χ2v) is 10.6. The summed E-state index contributed by atoms with van der Waals surface area (Å²) < 4.78 is 37.3. The minimum Gasteiger partial charge on any atom is -0.487 e. The van der Waals surface area contributed by atoms with Gasteiger partial charge in [0.1, 0.15) is 18.0 Å². The summed E-state index contributed by atoms with van der Waals surface area (Å²) in [5, 5.41) is 0. The molecule has 0 aliphatic carbocycles. The average Bonchev–Trinajstić information content (AvgIpc) is 3.36. The van der Waals surface area contributed by atoms with E-state index in [1.807, 2.05) is 54.6 Å². The molecule has 2 heterocycles. The van der Waals surface area contributed by atoms with Crippen LogP contribution in [-0.4, -0.2) is 44.4 Å². The van der Waals surface area contributed by atoms with Crippen LogP contribution in [0.5, 0.6) is 0 Å². The molecule has 0 N–H and O–H groups in total. The van der Waals surface area contributed by atoms with Gasteiger partial charge in [-0.1, -0.05) is 91.0 Å². The highest BCUT2D eigenvalue weighted by Crippen LogP contribution is 2.32. The molecule has 0 radical (unpaired) electrons. The standard InChI is InChI=1S/C35H42O6/c1-4-14-28(15-5-1)24-36-27-32-35(40-26-30-18-8-3-9-19-30)34(39-25-29-16-6-2-7-17-29)31(41-32)20-10-12-22-37-33-21-11-13-23-38-33/h1-9,14-20,32-35H,10-13,21-27H2/b31-20+/t32-,33?,34?,35?/m1/s1. The van der Waals surface area contributed by atoms with Gasteiger partial charge in [0.15, 0.2) is 12.4 Å². The molecule has 0 amide bonds. The molecule has 0 spiro atoms. The Hall–Kier alpha value is -3.00. The second kappa shape index (κ2) is 16.4. The van der Waals surface area contributed by atoms with Crippen LogP contribution in [0.1, 0.15) is 48.8 Å². The largest absolute Gasteiger partial charge is 0.487 e. The van der Waals surface area contributed by atoms with Crippen molar-refractivity contribution >= 4 is 0 Å². The van der Waals surface area contributed by atoms with Gasteiger partial charge in [-0.2, -0.15) is 0 Å². The molecule has 2 saturated heterocycles. The molecular formula is C35H42O6. The Kier molecular flexibility index (Phi) is 11.8. The molecule has 4 atom stereocenters. The summed E-state index contributed by atoms with van der Waals surface area (Å²) in [5.41, 5.74) is 3.35. The highest BCUT2D eigenvalue weighted by molar-refractivity contribution is 5.17. The van der Waals surface area contributed by atoms with Crippen LogP contribution in [0.2, 0.25) is 0 Å². The van der Waals surface area contributed by atoms with Gasteiger partial charge in [-0.05, 0) is 54.9 Å². The Balaban J connectivity index is 1.25. The van der Waals surface area contributed by atoms with E-state index in [1.165, 1.54) is 6.42 Å². The molecule has 0 aromatic heterocycles. The van der Waals surface area contributed by atoms with Gasteiger partial charge in [0.25, 0.3) is 0 Å². The van der Waals surface area contributed by atoms with Crippen LogP contribution in [0.3, 0.4) is 0 Å². The molecule has 6 heteroatoms. The Bertz CT molecular complexity index is 1150. The monoisotopic (exact) mass is 558 g/mol. The smallest absolute Gasteiger partial charge is 0.157 e. The van der Waals surface area contributed by atoms with Crippen LogP contribution in [0.25, 0.3) is 0 Å². The van der Waals surface area contributed by atoms with Crippen molar-refractivity contribution in [3.63, 3.8) is 0 Å².